The normalized spacial score (nSPS) is 16.0. The van der Waals surface area contributed by atoms with Crippen LogP contribution in [0.2, 0.25) is 0 Å². The summed E-state index contributed by atoms with van der Waals surface area (Å²) in [5.74, 6) is 0. The van der Waals surface area contributed by atoms with Crippen molar-refractivity contribution in [1.29, 1.82) is 0 Å². The van der Waals surface area contributed by atoms with Gasteiger partial charge >= 0.3 is 0 Å². The number of benzene rings is 2. The molecule has 2 aromatic carbocycles. The molecule has 0 unspecified atom stereocenters. The van der Waals surface area contributed by atoms with E-state index in [0.717, 1.165) is 33.1 Å². The van der Waals surface area contributed by atoms with E-state index in [0.29, 0.717) is 0 Å². The zero-order chi connectivity index (χ0) is 16.0. The summed E-state index contributed by atoms with van der Waals surface area (Å²) >= 11 is 3.50. The molecular weight excluding hydrogens is 348 g/mol. The van der Waals surface area contributed by atoms with Crippen molar-refractivity contribution in [3.63, 3.8) is 0 Å². The summed E-state index contributed by atoms with van der Waals surface area (Å²) in [7, 11) is 0. The zero-order valence-corrected chi connectivity index (χ0v) is 14.8. The van der Waals surface area contributed by atoms with E-state index in [9.17, 15) is 0 Å². The van der Waals surface area contributed by atoms with Gasteiger partial charge < -0.3 is 0 Å². The quantitative estimate of drug-likeness (QED) is 0.584. The lowest BCUT2D eigenvalue weighted by Crippen LogP contribution is -2.29. The van der Waals surface area contributed by atoms with Crippen LogP contribution in [-0.2, 0) is 6.42 Å². The van der Waals surface area contributed by atoms with Crippen LogP contribution in [0.4, 0.5) is 0 Å². The third-order valence-electron chi connectivity index (χ3n) is 4.23. The van der Waals surface area contributed by atoms with Crippen LogP contribution in [0.1, 0.15) is 30.5 Å². The lowest BCUT2D eigenvalue weighted by molar-refractivity contribution is 0.513. The van der Waals surface area contributed by atoms with Crippen LogP contribution < -0.4 is 0 Å². The Kier molecular flexibility index (Phi) is 3.34. The standard InChI is InChI=1S/C20H17BrN2/c1-20(2)11-14-5-3-4-6-17(14)19(23-20)15-9-13-7-8-16(21)10-18(13)22-12-15/h3-10,12H,11H2,1-2H3. The van der Waals surface area contributed by atoms with Crippen LogP contribution in [-0.4, -0.2) is 16.2 Å². The molecular formula is C20H17BrN2. The predicted octanol–water partition coefficient (Wildman–Crippen LogP) is 5.17. The van der Waals surface area contributed by atoms with Crippen LogP contribution in [0, 0.1) is 0 Å². The molecule has 1 aliphatic heterocycles. The van der Waals surface area contributed by atoms with Crippen molar-refractivity contribution in [2.24, 2.45) is 4.99 Å². The summed E-state index contributed by atoms with van der Waals surface area (Å²) in [5, 5.41) is 1.13. The van der Waals surface area contributed by atoms with E-state index in [4.69, 9.17) is 4.99 Å². The molecule has 0 amide bonds. The molecule has 114 valence electrons. The Labute approximate surface area is 144 Å². The van der Waals surface area contributed by atoms with Crippen LogP contribution in [0.15, 0.2) is 64.2 Å². The van der Waals surface area contributed by atoms with Crippen molar-refractivity contribution < 1.29 is 0 Å². The first kappa shape index (κ1) is 14.6. The lowest BCUT2D eigenvalue weighted by atomic mass is 9.85. The SMILES string of the molecule is CC1(C)Cc2ccccc2C(c2cnc3cc(Br)ccc3c2)=N1. The number of aromatic nitrogens is 1. The van der Waals surface area contributed by atoms with Crippen LogP contribution in [0.25, 0.3) is 10.9 Å². The van der Waals surface area contributed by atoms with Gasteiger partial charge in [-0.15, -0.1) is 0 Å². The molecule has 0 aliphatic carbocycles. The van der Waals surface area contributed by atoms with E-state index in [2.05, 4.69) is 71.2 Å². The maximum atomic E-state index is 5.02. The Morgan fingerprint density at radius 3 is 2.74 bits per heavy atom. The number of hydrogen-bond donors (Lipinski definition) is 0. The molecule has 0 spiro atoms. The number of aliphatic imine (C=N–C) groups is 1. The molecule has 0 saturated carbocycles. The molecule has 1 aromatic heterocycles. The van der Waals surface area contributed by atoms with Crippen molar-refractivity contribution in [2.45, 2.75) is 25.8 Å². The third kappa shape index (κ3) is 2.70. The molecule has 0 N–H and O–H groups in total. The lowest BCUT2D eigenvalue weighted by Gasteiger charge is -2.29. The Balaban J connectivity index is 1.91. The monoisotopic (exact) mass is 364 g/mol. The second-order valence-corrected chi connectivity index (χ2v) is 7.58. The van der Waals surface area contributed by atoms with Gasteiger partial charge in [0, 0.05) is 27.2 Å². The summed E-state index contributed by atoms with van der Waals surface area (Å²) in [4.78, 5) is 9.64. The molecule has 2 nitrogen and oxygen atoms in total. The number of rotatable bonds is 1. The second-order valence-electron chi connectivity index (χ2n) is 6.67. The first-order valence-corrected chi connectivity index (χ1v) is 8.55. The minimum Gasteiger partial charge on any atom is -0.278 e. The van der Waals surface area contributed by atoms with Gasteiger partial charge in [0.2, 0.25) is 0 Å². The first-order chi connectivity index (χ1) is 11.0. The van der Waals surface area contributed by atoms with E-state index < -0.39 is 0 Å². The summed E-state index contributed by atoms with van der Waals surface area (Å²) in [6.45, 7) is 4.38. The van der Waals surface area contributed by atoms with Gasteiger partial charge in [-0.2, -0.15) is 0 Å². The summed E-state index contributed by atoms with van der Waals surface area (Å²) in [6, 6.07) is 16.9. The number of fused-ring (bicyclic) bond motifs is 2. The molecule has 0 fully saturated rings. The van der Waals surface area contributed by atoms with E-state index >= 15 is 0 Å². The van der Waals surface area contributed by atoms with Gasteiger partial charge in [0.05, 0.1) is 16.8 Å². The van der Waals surface area contributed by atoms with Gasteiger partial charge in [0.25, 0.3) is 0 Å². The maximum Gasteiger partial charge on any atom is 0.0744 e. The highest BCUT2D eigenvalue weighted by Crippen LogP contribution is 2.30. The van der Waals surface area contributed by atoms with Crippen LogP contribution in [0.5, 0.6) is 0 Å². The van der Waals surface area contributed by atoms with Crippen molar-refractivity contribution >= 4 is 32.5 Å². The first-order valence-electron chi connectivity index (χ1n) is 7.76. The highest BCUT2D eigenvalue weighted by Gasteiger charge is 2.27. The fourth-order valence-corrected chi connectivity index (χ4v) is 3.57. The number of nitrogens with zero attached hydrogens (tertiary/aromatic N) is 2. The van der Waals surface area contributed by atoms with E-state index in [1.165, 1.54) is 11.1 Å². The smallest absolute Gasteiger partial charge is 0.0744 e. The van der Waals surface area contributed by atoms with E-state index in [1.807, 2.05) is 18.3 Å². The molecule has 0 saturated heterocycles. The summed E-state index contributed by atoms with van der Waals surface area (Å²) < 4.78 is 1.05. The minimum atomic E-state index is -0.0850. The highest BCUT2D eigenvalue weighted by atomic mass is 79.9. The van der Waals surface area contributed by atoms with Crippen molar-refractivity contribution in [2.75, 3.05) is 0 Å². The fourth-order valence-electron chi connectivity index (χ4n) is 3.22. The molecule has 4 rings (SSSR count). The highest BCUT2D eigenvalue weighted by molar-refractivity contribution is 9.10. The third-order valence-corrected chi connectivity index (χ3v) is 4.72. The van der Waals surface area contributed by atoms with Crippen LogP contribution in [0.3, 0.4) is 0 Å². The molecule has 23 heavy (non-hydrogen) atoms. The average molecular weight is 365 g/mol. The molecule has 3 heteroatoms. The predicted molar refractivity (Wildman–Crippen MR) is 99.3 cm³/mol. The molecule has 2 heterocycles. The number of halogens is 1. The Hall–Kier alpha value is -2.00. The molecule has 0 radical (unpaired) electrons. The van der Waals surface area contributed by atoms with Gasteiger partial charge in [-0.3, -0.25) is 9.98 Å². The van der Waals surface area contributed by atoms with Crippen molar-refractivity contribution in [3.8, 4) is 0 Å². The topological polar surface area (TPSA) is 25.2 Å². The van der Waals surface area contributed by atoms with Gasteiger partial charge in [-0.1, -0.05) is 46.3 Å². The van der Waals surface area contributed by atoms with Gasteiger partial charge in [0.1, 0.15) is 0 Å². The van der Waals surface area contributed by atoms with Gasteiger partial charge in [-0.05, 0) is 44.0 Å². The fraction of sp³-hybridized carbons (Fsp3) is 0.200. The Bertz CT molecular complexity index is 941. The van der Waals surface area contributed by atoms with E-state index in [1.54, 1.807) is 0 Å². The second kappa shape index (κ2) is 5.27. The molecule has 0 atom stereocenters. The summed E-state index contributed by atoms with van der Waals surface area (Å²) in [6.07, 6.45) is 2.91. The molecule has 0 bridgehead atoms. The minimum absolute atomic E-state index is 0.0850. The van der Waals surface area contributed by atoms with Crippen molar-refractivity contribution in [1.82, 2.24) is 4.98 Å². The molecule has 3 aromatic rings. The van der Waals surface area contributed by atoms with Gasteiger partial charge in [0.15, 0.2) is 0 Å². The largest absolute Gasteiger partial charge is 0.278 e. The van der Waals surface area contributed by atoms with Gasteiger partial charge in [-0.25, -0.2) is 0 Å². The molecule has 1 aliphatic rings. The van der Waals surface area contributed by atoms with Crippen molar-refractivity contribution in [3.05, 3.63) is 75.9 Å². The maximum absolute atomic E-state index is 5.02. The number of hydrogen-bond acceptors (Lipinski definition) is 2. The number of pyridine rings is 1. The zero-order valence-electron chi connectivity index (χ0n) is 13.2. The van der Waals surface area contributed by atoms with E-state index in [-0.39, 0.29) is 5.54 Å². The Morgan fingerprint density at radius 2 is 1.87 bits per heavy atom. The Morgan fingerprint density at radius 1 is 1.04 bits per heavy atom. The van der Waals surface area contributed by atoms with Crippen LogP contribution >= 0.6 is 15.9 Å². The summed E-state index contributed by atoms with van der Waals surface area (Å²) in [5.41, 5.74) is 5.63. The average Bonchev–Trinajstić information content (AvgIpc) is 2.52.